The first-order valence-corrected chi connectivity index (χ1v) is 11.1. The lowest BCUT2D eigenvalue weighted by Gasteiger charge is -2.11. The van der Waals surface area contributed by atoms with Gasteiger partial charge < -0.3 is 4.90 Å². The molecule has 0 unspecified atom stereocenters. The lowest BCUT2D eigenvalue weighted by Crippen LogP contribution is -2.21. The van der Waals surface area contributed by atoms with Gasteiger partial charge in [-0.1, -0.05) is 65.8 Å². The van der Waals surface area contributed by atoms with E-state index in [-0.39, 0.29) is 5.91 Å². The number of hydrogen-bond acceptors (Lipinski definition) is 4. The van der Waals surface area contributed by atoms with E-state index in [0.29, 0.717) is 16.3 Å². The third-order valence-corrected chi connectivity index (χ3v) is 5.98. The molecule has 0 bridgehead atoms. The SMILES string of the molecule is CN(C)C(=O)c1ccc(CSc2nnc(-c3ccccc3)n2-c2ccc(Cl)cc2)cc1. The number of rotatable bonds is 6. The molecule has 156 valence electrons. The molecular weight excluding hydrogens is 428 g/mol. The molecule has 1 aromatic heterocycles. The second-order valence-corrected chi connectivity index (χ2v) is 8.55. The third-order valence-electron chi connectivity index (χ3n) is 4.73. The van der Waals surface area contributed by atoms with Crippen molar-refractivity contribution in [2.75, 3.05) is 14.1 Å². The van der Waals surface area contributed by atoms with Crippen LogP contribution in [-0.2, 0) is 5.75 Å². The van der Waals surface area contributed by atoms with Crippen LogP contribution >= 0.6 is 23.4 Å². The first kappa shape index (κ1) is 21.2. The predicted molar refractivity (Wildman–Crippen MR) is 126 cm³/mol. The van der Waals surface area contributed by atoms with E-state index >= 15 is 0 Å². The van der Waals surface area contributed by atoms with Gasteiger partial charge in [0.25, 0.3) is 5.91 Å². The first-order chi connectivity index (χ1) is 15.0. The number of nitrogens with zero attached hydrogens (tertiary/aromatic N) is 4. The highest BCUT2D eigenvalue weighted by Gasteiger charge is 2.16. The molecule has 0 aliphatic carbocycles. The van der Waals surface area contributed by atoms with E-state index in [0.717, 1.165) is 27.8 Å². The minimum atomic E-state index is -0.00538. The summed E-state index contributed by atoms with van der Waals surface area (Å²) in [4.78, 5) is 13.7. The molecule has 3 aromatic carbocycles. The van der Waals surface area contributed by atoms with Crippen molar-refractivity contribution in [3.63, 3.8) is 0 Å². The van der Waals surface area contributed by atoms with E-state index in [1.807, 2.05) is 83.4 Å². The third kappa shape index (κ3) is 4.81. The number of thioether (sulfide) groups is 1. The minimum absolute atomic E-state index is 0.00538. The Morgan fingerprint density at radius 3 is 2.26 bits per heavy atom. The lowest BCUT2D eigenvalue weighted by molar-refractivity contribution is 0.0827. The van der Waals surface area contributed by atoms with Gasteiger partial charge in [-0.2, -0.15) is 0 Å². The minimum Gasteiger partial charge on any atom is -0.345 e. The smallest absolute Gasteiger partial charge is 0.253 e. The largest absolute Gasteiger partial charge is 0.345 e. The second kappa shape index (κ2) is 9.37. The molecule has 31 heavy (non-hydrogen) atoms. The average molecular weight is 449 g/mol. The zero-order valence-corrected chi connectivity index (χ0v) is 18.8. The summed E-state index contributed by atoms with van der Waals surface area (Å²) < 4.78 is 2.04. The first-order valence-electron chi connectivity index (χ1n) is 9.73. The van der Waals surface area contributed by atoms with Crippen LogP contribution in [0, 0.1) is 0 Å². The molecule has 7 heteroatoms. The van der Waals surface area contributed by atoms with E-state index in [2.05, 4.69) is 10.2 Å². The maximum Gasteiger partial charge on any atom is 0.253 e. The molecule has 5 nitrogen and oxygen atoms in total. The van der Waals surface area contributed by atoms with E-state index in [1.54, 1.807) is 30.8 Å². The van der Waals surface area contributed by atoms with E-state index in [4.69, 9.17) is 11.6 Å². The number of carbonyl (C=O) groups excluding carboxylic acids is 1. The van der Waals surface area contributed by atoms with Crippen molar-refractivity contribution in [3.8, 4) is 17.1 Å². The van der Waals surface area contributed by atoms with Gasteiger partial charge in [0.2, 0.25) is 0 Å². The summed E-state index contributed by atoms with van der Waals surface area (Å²) in [6, 6.07) is 25.3. The standard InChI is InChI=1S/C24H21ClN4OS/c1-28(2)23(30)19-10-8-17(9-11-19)16-31-24-27-26-22(18-6-4-3-5-7-18)29(24)21-14-12-20(25)13-15-21/h3-15H,16H2,1-2H3. The second-order valence-electron chi connectivity index (χ2n) is 7.17. The Kier molecular flexibility index (Phi) is 6.39. The average Bonchev–Trinajstić information content (AvgIpc) is 3.22. The van der Waals surface area contributed by atoms with Gasteiger partial charge in [-0.3, -0.25) is 9.36 Å². The molecule has 1 heterocycles. The maximum atomic E-state index is 12.1. The monoisotopic (exact) mass is 448 g/mol. The van der Waals surface area contributed by atoms with Gasteiger partial charge >= 0.3 is 0 Å². The van der Waals surface area contributed by atoms with Crippen LogP contribution in [0.25, 0.3) is 17.1 Å². The highest BCUT2D eigenvalue weighted by molar-refractivity contribution is 7.98. The Morgan fingerprint density at radius 2 is 1.61 bits per heavy atom. The topological polar surface area (TPSA) is 51.0 Å². The Hall–Kier alpha value is -3.09. The van der Waals surface area contributed by atoms with Crippen LogP contribution in [0.2, 0.25) is 5.02 Å². The molecule has 0 atom stereocenters. The fourth-order valence-electron chi connectivity index (χ4n) is 3.11. The molecule has 0 N–H and O–H groups in total. The Morgan fingerprint density at radius 1 is 0.935 bits per heavy atom. The molecule has 0 saturated heterocycles. The zero-order valence-electron chi connectivity index (χ0n) is 17.2. The molecule has 0 aliphatic rings. The van der Waals surface area contributed by atoms with E-state index in [9.17, 15) is 4.79 Å². The van der Waals surface area contributed by atoms with Gasteiger partial charge in [-0.05, 0) is 42.0 Å². The van der Waals surface area contributed by atoms with Gasteiger partial charge in [0.1, 0.15) is 0 Å². The highest BCUT2D eigenvalue weighted by Crippen LogP contribution is 2.30. The van der Waals surface area contributed by atoms with E-state index in [1.165, 1.54) is 0 Å². The number of hydrogen-bond donors (Lipinski definition) is 0. The van der Waals surface area contributed by atoms with Crippen LogP contribution in [0.1, 0.15) is 15.9 Å². The van der Waals surface area contributed by atoms with Crippen molar-refractivity contribution >= 4 is 29.3 Å². The molecular formula is C24H21ClN4OS. The molecule has 0 saturated carbocycles. The van der Waals surface area contributed by atoms with Crippen molar-refractivity contribution in [1.82, 2.24) is 19.7 Å². The van der Waals surface area contributed by atoms with Crippen LogP contribution in [0.3, 0.4) is 0 Å². The fraction of sp³-hybridized carbons (Fsp3) is 0.125. The molecule has 4 rings (SSSR count). The fourth-order valence-corrected chi connectivity index (χ4v) is 4.14. The zero-order chi connectivity index (χ0) is 21.8. The van der Waals surface area contributed by atoms with Crippen molar-refractivity contribution in [2.45, 2.75) is 10.9 Å². The van der Waals surface area contributed by atoms with Crippen LogP contribution in [0.5, 0.6) is 0 Å². The normalized spacial score (nSPS) is 10.8. The number of amides is 1. The van der Waals surface area contributed by atoms with Gasteiger partial charge in [-0.15, -0.1) is 10.2 Å². The molecule has 1 amide bonds. The Labute approximate surface area is 190 Å². The lowest BCUT2D eigenvalue weighted by atomic mass is 10.1. The van der Waals surface area contributed by atoms with Gasteiger partial charge in [0.15, 0.2) is 11.0 Å². The maximum absolute atomic E-state index is 12.1. The van der Waals surface area contributed by atoms with Gasteiger partial charge in [0.05, 0.1) is 0 Å². The van der Waals surface area contributed by atoms with Crippen LogP contribution < -0.4 is 0 Å². The summed E-state index contributed by atoms with van der Waals surface area (Å²) in [5.74, 6) is 1.48. The quantitative estimate of drug-likeness (QED) is 0.361. The summed E-state index contributed by atoms with van der Waals surface area (Å²) in [5.41, 5.74) is 3.72. The summed E-state index contributed by atoms with van der Waals surface area (Å²) in [6.07, 6.45) is 0. The number of halogens is 1. The molecule has 4 aromatic rings. The van der Waals surface area contributed by atoms with Crippen LogP contribution in [0.15, 0.2) is 84.0 Å². The number of benzene rings is 3. The number of carbonyl (C=O) groups is 1. The molecule has 0 aliphatic heterocycles. The van der Waals surface area contributed by atoms with Crippen molar-refractivity contribution in [2.24, 2.45) is 0 Å². The predicted octanol–water partition coefficient (Wildman–Crippen LogP) is 5.58. The van der Waals surface area contributed by atoms with Crippen molar-refractivity contribution in [3.05, 3.63) is 95.0 Å². The highest BCUT2D eigenvalue weighted by atomic mass is 35.5. The Bertz CT molecular complexity index is 1170. The molecule has 0 fully saturated rings. The van der Waals surface area contributed by atoms with Gasteiger partial charge in [0, 0.05) is 41.7 Å². The Balaban J connectivity index is 1.62. The van der Waals surface area contributed by atoms with Crippen LogP contribution in [0.4, 0.5) is 0 Å². The summed E-state index contributed by atoms with van der Waals surface area (Å²) in [5, 5.41) is 10.4. The van der Waals surface area contributed by atoms with Gasteiger partial charge in [-0.25, -0.2) is 0 Å². The molecule has 0 radical (unpaired) electrons. The summed E-state index contributed by atoms with van der Waals surface area (Å²) in [7, 11) is 3.50. The summed E-state index contributed by atoms with van der Waals surface area (Å²) in [6.45, 7) is 0. The van der Waals surface area contributed by atoms with E-state index < -0.39 is 0 Å². The summed E-state index contributed by atoms with van der Waals surface area (Å²) >= 11 is 7.69. The molecule has 0 spiro atoms. The van der Waals surface area contributed by atoms with Crippen molar-refractivity contribution in [1.29, 1.82) is 0 Å². The number of aromatic nitrogens is 3. The van der Waals surface area contributed by atoms with Crippen molar-refractivity contribution < 1.29 is 4.79 Å². The van der Waals surface area contributed by atoms with Crippen LogP contribution in [-0.4, -0.2) is 39.7 Å².